The van der Waals surface area contributed by atoms with Crippen molar-refractivity contribution < 1.29 is 17.9 Å². The topological polar surface area (TPSA) is 55.6 Å². The third-order valence-electron chi connectivity index (χ3n) is 4.26. The van der Waals surface area contributed by atoms with E-state index in [1.165, 1.54) is 6.07 Å². The second kappa shape index (κ2) is 6.24. The first-order valence-corrected chi connectivity index (χ1v) is 8.17. The Morgan fingerprint density at radius 2 is 1.81 bits per heavy atom. The zero-order chi connectivity index (χ0) is 18.3. The first-order valence-electron chi connectivity index (χ1n) is 8.17. The zero-order valence-corrected chi connectivity index (χ0v) is 13.9. The van der Waals surface area contributed by atoms with Crippen LogP contribution in [0.1, 0.15) is 24.4 Å². The Balaban J connectivity index is 1.68. The van der Waals surface area contributed by atoms with Crippen molar-refractivity contribution >= 4 is 11.5 Å². The van der Waals surface area contributed by atoms with Crippen LogP contribution in [0, 0.1) is 0 Å². The SMILES string of the molecule is CC1CN(c2ccc3nnc(C(F)(F)F)n3n2)CC(c2ccccc2)O1. The first kappa shape index (κ1) is 16.8. The molecule has 3 heterocycles. The summed E-state index contributed by atoms with van der Waals surface area (Å²) in [4.78, 5) is 1.92. The number of ether oxygens (including phenoxy) is 1. The number of hydrogen-bond donors (Lipinski definition) is 0. The second-order valence-electron chi connectivity index (χ2n) is 6.23. The Morgan fingerprint density at radius 3 is 2.54 bits per heavy atom. The summed E-state index contributed by atoms with van der Waals surface area (Å²) in [5.74, 6) is -0.700. The van der Waals surface area contributed by atoms with Crippen LogP contribution in [0.5, 0.6) is 0 Å². The van der Waals surface area contributed by atoms with Crippen LogP contribution >= 0.6 is 0 Å². The minimum atomic E-state index is -4.62. The summed E-state index contributed by atoms with van der Waals surface area (Å²) in [5, 5.41) is 10.9. The number of nitrogens with zero attached hydrogens (tertiary/aromatic N) is 5. The molecule has 0 radical (unpaired) electrons. The highest BCUT2D eigenvalue weighted by Gasteiger charge is 2.38. The van der Waals surface area contributed by atoms with Crippen molar-refractivity contribution in [2.45, 2.75) is 25.3 Å². The molecule has 1 aromatic carbocycles. The van der Waals surface area contributed by atoms with Crippen molar-refractivity contribution in [3.05, 3.63) is 53.9 Å². The van der Waals surface area contributed by atoms with Crippen LogP contribution in [0.2, 0.25) is 0 Å². The van der Waals surface area contributed by atoms with Crippen LogP contribution in [-0.4, -0.2) is 39.0 Å². The van der Waals surface area contributed by atoms with Crippen molar-refractivity contribution in [1.29, 1.82) is 0 Å². The summed E-state index contributed by atoms with van der Waals surface area (Å²) >= 11 is 0. The van der Waals surface area contributed by atoms with E-state index in [4.69, 9.17) is 4.74 Å². The van der Waals surface area contributed by atoms with E-state index in [0.29, 0.717) is 18.9 Å². The lowest BCUT2D eigenvalue weighted by atomic mass is 10.1. The number of morpholine rings is 1. The molecule has 4 rings (SSSR count). The third kappa shape index (κ3) is 3.10. The molecule has 0 bridgehead atoms. The predicted octanol–water partition coefficient (Wildman–Crippen LogP) is 3.11. The lowest BCUT2D eigenvalue weighted by Gasteiger charge is -2.37. The molecular formula is C17H16F3N5O. The van der Waals surface area contributed by atoms with Gasteiger partial charge in [-0.2, -0.15) is 17.7 Å². The summed E-state index contributed by atoms with van der Waals surface area (Å²) in [5.41, 5.74) is 1.08. The Bertz CT molecular complexity index is 912. The van der Waals surface area contributed by atoms with E-state index in [9.17, 15) is 13.2 Å². The number of aromatic nitrogens is 4. The van der Waals surface area contributed by atoms with Crippen molar-refractivity contribution in [3.8, 4) is 0 Å². The second-order valence-corrected chi connectivity index (χ2v) is 6.23. The summed E-state index contributed by atoms with van der Waals surface area (Å²) < 4.78 is 46.0. The summed E-state index contributed by atoms with van der Waals surface area (Å²) in [6.45, 7) is 2.96. The monoisotopic (exact) mass is 363 g/mol. The van der Waals surface area contributed by atoms with Crippen molar-refractivity contribution in [2.75, 3.05) is 18.0 Å². The third-order valence-corrected chi connectivity index (χ3v) is 4.26. The molecule has 0 aliphatic carbocycles. The van der Waals surface area contributed by atoms with Gasteiger partial charge in [0.25, 0.3) is 5.82 Å². The van der Waals surface area contributed by atoms with Gasteiger partial charge in [0, 0.05) is 13.1 Å². The van der Waals surface area contributed by atoms with Crippen LogP contribution in [0.4, 0.5) is 19.0 Å². The molecule has 2 aromatic heterocycles. The van der Waals surface area contributed by atoms with Gasteiger partial charge in [0.05, 0.1) is 6.10 Å². The van der Waals surface area contributed by atoms with Gasteiger partial charge in [-0.1, -0.05) is 30.3 Å². The molecule has 0 spiro atoms. The van der Waals surface area contributed by atoms with Gasteiger partial charge in [0.1, 0.15) is 11.9 Å². The van der Waals surface area contributed by atoms with Crippen molar-refractivity contribution in [3.63, 3.8) is 0 Å². The van der Waals surface area contributed by atoms with E-state index in [1.807, 2.05) is 42.2 Å². The molecule has 0 saturated carbocycles. The maximum Gasteiger partial charge on any atom is 0.453 e. The van der Waals surface area contributed by atoms with Gasteiger partial charge in [-0.25, -0.2) is 0 Å². The van der Waals surface area contributed by atoms with Crippen LogP contribution < -0.4 is 4.90 Å². The molecule has 6 nitrogen and oxygen atoms in total. The van der Waals surface area contributed by atoms with Gasteiger partial charge in [-0.3, -0.25) is 0 Å². The highest BCUT2D eigenvalue weighted by molar-refractivity contribution is 5.46. The van der Waals surface area contributed by atoms with E-state index < -0.39 is 12.0 Å². The molecule has 1 aliphatic heterocycles. The van der Waals surface area contributed by atoms with Crippen LogP contribution in [0.25, 0.3) is 5.65 Å². The fraction of sp³-hybridized carbons (Fsp3) is 0.353. The molecule has 3 aromatic rings. The number of anilines is 1. The van der Waals surface area contributed by atoms with E-state index in [0.717, 1.165) is 10.1 Å². The summed E-state index contributed by atoms with van der Waals surface area (Å²) in [6, 6.07) is 12.9. The highest BCUT2D eigenvalue weighted by Crippen LogP contribution is 2.30. The average Bonchev–Trinajstić information content (AvgIpc) is 3.05. The fourth-order valence-corrected chi connectivity index (χ4v) is 3.11. The standard InChI is InChI=1S/C17H16F3N5O/c1-11-9-24(10-13(26-11)12-5-3-2-4-6-12)15-8-7-14-21-22-16(17(18,19)20)25(14)23-15/h2-8,11,13H,9-10H2,1H3. The number of halogens is 3. The Morgan fingerprint density at radius 1 is 1.04 bits per heavy atom. The number of hydrogen-bond acceptors (Lipinski definition) is 5. The molecule has 1 fully saturated rings. The normalized spacial score (nSPS) is 21.3. The van der Waals surface area contributed by atoms with Gasteiger partial charge >= 0.3 is 6.18 Å². The molecule has 9 heteroatoms. The first-order chi connectivity index (χ1) is 12.4. The summed E-state index contributed by atoms with van der Waals surface area (Å²) in [7, 11) is 0. The maximum absolute atomic E-state index is 13.1. The van der Waals surface area contributed by atoms with Gasteiger partial charge in [-0.05, 0) is 24.6 Å². The lowest BCUT2D eigenvalue weighted by molar-refractivity contribution is -0.146. The maximum atomic E-state index is 13.1. The molecule has 0 N–H and O–H groups in total. The number of fused-ring (bicyclic) bond motifs is 1. The Labute approximate surface area is 147 Å². The summed E-state index contributed by atoms with van der Waals surface area (Å²) in [6.07, 6.45) is -4.88. The van der Waals surface area contributed by atoms with Crippen molar-refractivity contribution in [2.24, 2.45) is 0 Å². The Kier molecular flexibility index (Phi) is 4.03. The van der Waals surface area contributed by atoms with Crippen LogP contribution in [-0.2, 0) is 10.9 Å². The average molecular weight is 363 g/mol. The van der Waals surface area contributed by atoms with Crippen molar-refractivity contribution in [1.82, 2.24) is 19.8 Å². The fourth-order valence-electron chi connectivity index (χ4n) is 3.11. The molecular weight excluding hydrogens is 347 g/mol. The van der Waals surface area contributed by atoms with Gasteiger partial charge < -0.3 is 9.64 Å². The van der Waals surface area contributed by atoms with Gasteiger partial charge in [0.15, 0.2) is 5.65 Å². The quantitative estimate of drug-likeness (QED) is 0.700. The number of alkyl halides is 3. The minimum absolute atomic E-state index is 0.0574. The van der Waals surface area contributed by atoms with E-state index in [2.05, 4.69) is 15.3 Å². The largest absolute Gasteiger partial charge is 0.453 e. The molecule has 26 heavy (non-hydrogen) atoms. The van der Waals surface area contributed by atoms with Crippen LogP contribution in [0.15, 0.2) is 42.5 Å². The van der Waals surface area contributed by atoms with Crippen LogP contribution in [0.3, 0.4) is 0 Å². The van der Waals surface area contributed by atoms with Gasteiger partial charge in [-0.15, -0.1) is 15.3 Å². The highest BCUT2D eigenvalue weighted by atomic mass is 19.4. The zero-order valence-electron chi connectivity index (χ0n) is 13.9. The van der Waals surface area contributed by atoms with E-state index in [1.54, 1.807) is 6.07 Å². The molecule has 1 aliphatic rings. The molecule has 1 saturated heterocycles. The number of benzene rings is 1. The van der Waals surface area contributed by atoms with E-state index >= 15 is 0 Å². The number of rotatable bonds is 2. The lowest BCUT2D eigenvalue weighted by Crippen LogP contribution is -2.43. The molecule has 136 valence electrons. The molecule has 2 atom stereocenters. The molecule has 0 amide bonds. The smallest absolute Gasteiger partial charge is 0.367 e. The Hall–Kier alpha value is -2.68. The minimum Gasteiger partial charge on any atom is -0.367 e. The van der Waals surface area contributed by atoms with Gasteiger partial charge in [0.2, 0.25) is 0 Å². The van der Waals surface area contributed by atoms with E-state index in [-0.39, 0.29) is 17.9 Å². The predicted molar refractivity (Wildman–Crippen MR) is 87.7 cm³/mol. The molecule has 2 unspecified atom stereocenters.